The topological polar surface area (TPSA) is 165 Å². The van der Waals surface area contributed by atoms with E-state index >= 15 is 0 Å². The molecule has 43 heavy (non-hydrogen) atoms. The number of carbonyl (C=O) groups is 6. The highest BCUT2D eigenvalue weighted by Gasteiger charge is 2.68. The van der Waals surface area contributed by atoms with Gasteiger partial charge in [-0.25, -0.2) is 4.79 Å². The lowest BCUT2D eigenvalue weighted by Gasteiger charge is -2.59. The standard InChI is InChI=1S/C32H43NO10/c1-18(34)43-32(26(37)17-42-28(39)7-6-27(38)33-16-21(36)15-25(33)29(40)41)13-10-24-22-5-4-19-14-20(35)8-11-30(19,2)23(22)9-12-31(24,32)3/h14,21-25,36H,4-13,15-17H2,1-3H3,(H,40,41)/t21-,22+,23-,24-,25-,30+,31+,32+/m1/s1. The number of esters is 2. The lowest BCUT2D eigenvalue weighted by Crippen LogP contribution is -2.59. The van der Waals surface area contributed by atoms with Crippen molar-refractivity contribution in [3.63, 3.8) is 0 Å². The summed E-state index contributed by atoms with van der Waals surface area (Å²) in [6, 6.07) is -1.15. The van der Waals surface area contributed by atoms with Crippen LogP contribution in [0.25, 0.3) is 0 Å². The number of Topliss-reactive ketones (excluding diaryl/α,β-unsaturated/α-hetero) is 1. The highest BCUT2D eigenvalue weighted by molar-refractivity contribution is 5.94. The maximum absolute atomic E-state index is 13.9. The van der Waals surface area contributed by atoms with Crippen LogP contribution in [-0.4, -0.2) is 81.4 Å². The van der Waals surface area contributed by atoms with Gasteiger partial charge < -0.3 is 24.6 Å². The Labute approximate surface area is 251 Å². The molecule has 3 saturated carbocycles. The van der Waals surface area contributed by atoms with Crippen LogP contribution >= 0.6 is 0 Å². The fourth-order valence-corrected chi connectivity index (χ4v) is 9.50. The van der Waals surface area contributed by atoms with Crippen LogP contribution in [0, 0.1) is 28.6 Å². The quantitative estimate of drug-likeness (QED) is 0.395. The lowest BCUT2D eigenvalue weighted by molar-refractivity contribution is -0.191. The van der Waals surface area contributed by atoms with Crippen molar-refractivity contribution in [2.75, 3.05) is 13.2 Å². The van der Waals surface area contributed by atoms with Crippen LogP contribution < -0.4 is 0 Å². The van der Waals surface area contributed by atoms with Crippen LogP contribution in [0.15, 0.2) is 11.6 Å². The van der Waals surface area contributed by atoms with E-state index in [1.54, 1.807) is 0 Å². The predicted octanol–water partition coefficient (Wildman–Crippen LogP) is 2.76. The number of hydrogen-bond acceptors (Lipinski definition) is 9. The average molecular weight is 602 g/mol. The van der Waals surface area contributed by atoms with E-state index in [2.05, 4.69) is 6.92 Å². The van der Waals surface area contributed by atoms with Crippen LogP contribution in [-0.2, 0) is 38.2 Å². The molecule has 1 heterocycles. The highest BCUT2D eigenvalue weighted by atomic mass is 16.6. The minimum absolute atomic E-state index is 0.0422. The summed E-state index contributed by atoms with van der Waals surface area (Å²) in [5.74, 6) is -2.59. The van der Waals surface area contributed by atoms with Crippen molar-refractivity contribution in [2.45, 2.75) is 109 Å². The fourth-order valence-electron chi connectivity index (χ4n) is 9.50. The second-order valence-electron chi connectivity index (χ2n) is 13.8. The molecule has 11 heteroatoms. The number of aliphatic hydroxyl groups excluding tert-OH is 1. The molecule has 4 aliphatic carbocycles. The molecule has 0 aromatic heterocycles. The second kappa shape index (κ2) is 11.4. The summed E-state index contributed by atoms with van der Waals surface area (Å²) >= 11 is 0. The maximum Gasteiger partial charge on any atom is 0.326 e. The number of carboxylic acids is 1. The largest absolute Gasteiger partial charge is 0.480 e. The smallest absolute Gasteiger partial charge is 0.326 e. The molecule has 1 amide bonds. The van der Waals surface area contributed by atoms with Gasteiger partial charge in [-0.15, -0.1) is 0 Å². The summed E-state index contributed by atoms with van der Waals surface area (Å²) in [5, 5.41) is 19.1. The molecular formula is C32H43NO10. The van der Waals surface area contributed by atoms with Gasteiger partial charge in [-0.1, -0.05) is 19.4 Å². The van der Waals surface area contributed by atoms with Gasteiger partial charge in [-0.3, -0.25) is 24.0 Å². The van der Waals surface area contributed by atoms with E-state index in [0.717, 1.165) is 30.6 Å². The molecule has 2 N–H and O–H groups in total. The van der Waals surface area contributed by atoms with E-state index in [-0.39, 0.29) is 42.9 Å². The Morgan fingerprint density at radius 3 is 2.42 bits per heavy atom. The molecule has 0 bridgehead atoms. The van der Waals surface area contributed by atoms with Gasteiger partial charge in [0, 0.05) is 38.1 Å². The van der Waals surface area contributed by atoms with Crippen molar-refractivity contribution in [3.05, 3.63) is 11.6 Å². The number of rotatable bonds is 8. The number of likely N-dealkylation sites (tertiary alicyclic amines) is 1. The van der Waals surface area contributed by atoms with Gasteiger partial charge in [0.1, 0.15) is 6.04 Å². The van der Waals surface area contributed by atoms with Crippen molar-refractivity contribution >= 4 is 35.4 Å². The molecule has 236 valence electrons. The minimum Gasteiger partial charge on any atom is -0.480 e. The van der Waals surface area contributed by atoms with Gasteiger partial charge >= 0.3 is 17.9 Å². The number of ether oxygens (including phenoxy) is 2. The van der Waals surface area contributed by atoms with E-state index in [1.165, 1.54) is 12.5 Å². The first kappa shape index (κ1) is 31.3. The highest BCUT2D eigenvalue weighted by Crippen LogP contribution is 2.68. The Morgan fingerprint density at radius 2 is 1.72 bits per heavy atom. The second-order valence-corrected chi connectivity index (χ2v) is 13.8. The van der Waals surface area contributed by atoms with Crippen LogP contribution in [0.2, 0.25) is 0 Å². The van der Waals surface area contributed by atoms with Crippen molar-refractivity contribution in [2.24, 2.45) is 28.6 Å². The first-order valence-electron chi connectivity index (χ1n) is 15.5. The summed E-state index contributed by atoms with van der Waals surface area (Å²) in [7, 11) is 0. The normalized spacial score (nSPS) is 38.3. The number of aliphatic hydroxyl groups is 1. The number of carboxylic acid groups (broad SMARTS) is 1. The van der Waals surface area contributed by atoms with Crippen LogP contribution in [0.3, 0.4) is 0 Å². The van der Waals surface area contributed by atoms with E-state index in [4.69, 9.17) is 9.47 Å². The molecule has 1 aliphatic heterocycles. The zero-order valence-corrected chi connectivity index (χ0v) is 25.3. The number of ketones is 2. The molecule has 0 unspecified atom stereocenters. The van der Waals surface area contributed by atoms with Gasteiger partial charge in [0.25, 0.3) is 0 Å². The summed E-state index contributed by atoms with van der Waals surface area (Å²) in [6.07, 6.45) is 5.90. The molecule has 0 aromatic carbocycles. The molecule has 8 atom stereocenters. The number of carbonyl (C=O) groups excluding carboxylic acids is 5. The zero-order chi connectivity index (χ0) is 31.3. The maximum atomic E-state index is 13.9. The molecule has 0 radical (unpaired) electrons. The summed E-state index contributed by atoms with van der Waals surface area (Å²) in [4.78, 5) is 76.1. The number of aliphatic carboxylic acids is 1. The van der Waals surface area contributed by atoms with Gasteiger partial charge in [-0.2, -0.15) is 0 Å². The van der Waals surface area contributed by atoms with Crippen molar-refractivity contribution in [1.29, 1.82) is 0 Å². The fraction of sp³-hybridized carbons (Fsp3) is 0.750. The third kappa shape index (κ3) is 5.31. The number of β-amino-alcohol motifs (C(OH)–C–C–N with tert-alkyl or cyclic N) is 1. The van der Waals surface area contributed by atoms with Crippen LogP contribution in [0.4, 0.5) is 0 Å². The molecule has 0 spiro atoms. The molecule has 11 nitrogen and oxygen atoms in total. The molecule has 5 aliphatic rings. The van der Waals surface area contributed by atoms with Crippen LogP contribution in [0.5, 0.6) is 0 Å². The Morgan fingerprint density at radius 1 is 1.00 bits per heavy atom. The first-order chi connectivity index (χ1) is 20.2. The van der Waals surface area contributed by atoms with E-state index < -0.39 is 59.4 Å². The minimum atomic E-state index is -1.43. The van der Waals surface area contributed by atoms with E-state index in [9.17, 15) is 39.0 Å². The monoisotopic (exact) mass is 601 g/mol. The van der Waals surface area contributed by atoms with Crippen molar-refractivity contribution in [3.8, 4) is 0 Å². The molecule has 4 fully saturated rings. The number of nitrogens with zero attached hydrogens (tertiary/aromatic N) is 1. The number of allylic oxidation sites excluding steroid dienone is 1. The first-order valence-corrected chi connectivity index (χ1v) is 15.5. The Hall–Kier alpha value is -3.08. The molecule has 1 saturated heterocycles. The summed E-state index contributed by atoms with van der Waals surface area (Å²) < 4.78 is 11.2. The third-order valence-electron chi connectivity index (χ3n) is 11.6. The average Bonchev–Trinajstić information content (AvgIpc) is 3.48. The molecule has 0 aromatic rings. The van der Waals surface area contributed by atoms with Crippen molar-refractivity contribution in [1.82, 2.24) is 4.90 Å². The lowest BCUT2D eigenvalue weighted by atomic mass is 9.46. The molecular weight excluding hydrogens is 558 g/mol. The Kier molecular flexibility index (Phi) is 8.35. The van der Waals surface area contributed by atoms with Crippen molar-refractivity contribution < 1.29 is 48.5 Å². The van der Waals surface area contributed by atoms with E-state index in [1.807, 2.05) is 13.0 Å². The summed E-state index contributed by atoms with van der Waals surface area (Å²) in [5.41, 5.74) is -0.855. The third-order valence-corrected chi connectivity index (χ3v) is 11.6. The number of amides is 1. The Bertz CT molecular complexity index is 1260. The van der Waals surface area contributed by atoms with Gasteiger partial charge in [0.15, 0.2) is 18.0 Å². The summed E-state index contributed by atoms with van der Waals surface area (Å²) in [6.45, 7) is 4.88. The van der Waals surface area contributed by atoms with E-state index in [0.29, 0.717) is 37.5 Å². The number of fused-ring (bicyclic) bond motifs is 5. The zero-order valence-electron chi connectivity index (χ0n) is 25.3. The Balaban J connectivity index is 1.25. The van der Waals surface area contributed by atoms with Gasteiger partial charge in [-0.05, 0) is 74.2 Å². The molecule has 5 rings (SSSR count). The van der Waals surface area contributed by atoms with Gasteiger partial charge in [0.2, 0.25) is 11.7 Å². The SMILES string of the molecule is CC(=O)O[C@]1(C(=O)COC(=O)CCC(=O)N2C[C@H](O)C[C@@H]2C(=O)O)CC[C@@H]2[C@H]3CCC4=CC(=O)CC[C@]4(C)[C@@H]3CC[C@@]21C. The van der Waals surface area contributed by atoms with Crippen LogP contribution in [0.1, 0.15) is 91.4 Å². The number of hydrogen-bond donors (Lipinski definition) is 2. The predicted molar refractivity (Wildman–Crippen MR) is 150 cm³/mol. The van der Waals surface area contributed by atoms with Gasteiger partial charge in [0.05, 0.1) is 12.5 Å².